The van der Waals surface area contributed by atoms with Crippen LogP contribution in [0.15, 0.2) is 12.1 Å². The van der Waals surface area contributed by atoms with Gasteiger partial charge in [-0.05, 0) is 31.9 Å². The van der Waals surface area contributed by atoms with Gasteiger partial charge in [0.25, 0.3) is 0 Å². The summed E-state index contributed by atoms with van der Waals surface area (Å²) in [6.07, 6.45) is 1.73. The minimum absolute atomic E-state index is 0.0000311. The number of halogens is 2. The molecule has 0 radical (unpaired) electrons. The van der Waals surface area contributed by atoms with Crippen LogP contribution in [0.4, 0.5) is 14.5 Å². The number of ether oxygens (including phenoxy) is 1. The summed E-state index contributed by atoms with van der Waals surface area (Å²) in [5, 5.41) is 7.24. The van der Waals surface area contributed by atoms with Gasteiger partial charge >= 0.3 is 0 Å². The van der Waals surface area contributed by atoms with Crippen LogP contribution in [-0.2, 0) is 4.74 Å². The normalized spacial score (nSPS) is 19.1. The Morgan fingerprint density at radius 3 is 2.65 bits per heavy atom. The highest BCUT2D eigenvalue weighted by atomic mass is 19.1. The first-order valence-corrected chi connectivity index (χ1v) is 6.73. The molecule has 0 aromatic heterocycles. The van der Waals surface area contributed by atoms with E-state index in [-0.39, 0.29) is 23.2 Å². The van der Waals surface area contributed by atoms with Crippen LogP contribution in [0, 0.1) is 17.0 Å². The van der Waals surface area contributed by atoms with E-state index in [1.165, 1.54) is 0 Å². The van der Waals surface area contributed by atoms with Gasteiger partial charge in [-0.15, -0.1) is 0 Å². The standard InChI is InChI=1S/C14H19F2N3O/c1-2-20-10-4-3-5-19(8-10)13-11(15)6-9(14(17)18)7-12(13)16/h6-7,10H,2-5,8H2,1H3,(H3,17,18). The number of rotatable bonds is 4. The molecule has 4 nitrogen and oxygen atoms in total. The van der Waals surface area contributed by atoms with Gasteiger partial charge in [0.2, 0.25) is 0 Å². The molecule has 1 fully saturated rings. The molecule has 1 aliphatic rings. The van der Waals surface area contributed by atoms with Crippen LogP contribution < -0.4 is 10.6 Å². The van der Waals surface area contributed by atoms with Crippen LogP contribution in [0.1, 0.15) is 25.3 Å². The van der Waals surface area contributed by atoms with Crippen molar-refractivity contribution in [3.05, 3.63) is 29.3 Å². The molecule has 1 heterocycles. The van der Waals surface area contributed by atoms with Crippen LogP contribution >= 0.6 is 0 Å². The van der Waals surface area contributed by atoms with Crippen LogP contribution in [0.25, 0.3) is 0 Å². The van der Waals surface area contributed by atoms with Gasteiger partial charge in [0.1, 0.15) is 23.2 Å². The fourth-order valence-electron chi connectivity index (χ4n) is 2.54. The Labute approximate surface area is 117 Å². The lowest BCUT2D eigenvalue weighted by Gasteiger charge is -2.34. The molecule has 2 rings (SSSR count). The van der Waals surface area contributed by atoms with E-state index < -0.39 is 11.6 Å². The maximum absolute atomic E-state index is 14.1. The number of hydrogen-bond acceptors (Lipinski definition) is 3. The van der Waals surface area contributed by atoms with Gasteiger partial charge in [0.05, 0.1) is 6.10 Å². The Morgan fingerprint density at radius 2 is 2.10 bits per heavy atom. The number of piperidine rings is 1. The fraction of sp³-hybridized carbons (Fsp3) is 0.500. The van der Waals surface area contributed by atoms with Crippen molar-refractivity contribution >= 4 is 11.5 Å². The van der Waals surface area contributed by atoms with E-state index in [1.807, 2.05) is 6.92 Å². The lowest BCUT2D eigenvalue weighted by atomic mass is 10.1. The van der Waals surface area contributed by atoms with E-state index in [1.54, 1.807) is 4.90 Å². The molecule has 0 saturated carbocycles. The van der Waals surface area contributed by atoms with E-state index in [9.17, 15) is 8.78 Å². The monoisotopic (exact) mass is 283 g/mol. The van der Waals surface area contributed by atoms with E-state index in [0.717, 1.165) is 25.0 Å². The highest BCUT2D eigenvalue weighted by Crippen LogP contribution is 2.28. The predicted molar refractivity (Wildman–Crippen MR) is 74.2 cm³/mol. The summed E-state index contributed by atoms with van der Waals surface area (Å²) < 4.78 is 33.7. The zero-order valence-electron chi connectivity index (χ0n) is 11.5. The number of nitrogens with one attached hydrogen (secondary N) is 1. The molecule has 0 bridgehead atoms. The van der Waals surface area contributed by atoms with Gasteiger partial charge in [0.15, 0.2) is 0 Å². The van der Waals surface area contributed by atoms with Crippen molar-refractivity contribution in [3.63, 3.8) is 0 Å². The molecule has 1 unspecified atom stereocenters. The summed E-state index contributed by atoms with van der Waals surface area (Å²) in [5.41, 5.74) is 5.26. The third-order valence-corrected chi connectivity index (χ3v) is 3.42. The van der Waals surface area contributed by atoms with E-state index >= 15 is 0 Å². The Balaban J connectivity index is 2.26. The Hall–Kier alpha value is -1.69. The predicted octanol–water partition coefficient (Wildman–Crippen LogP) is 2.25. The number of nitrogens with zero attached hydrogens (tertiary/aromatic N) is 1. The van der Waals surface area contributed by atoms with Crippen LogP contribution in [0.2, 0.25) is 0 Å². The summed E-state index contributed by atoms with van der Waals surface area (Å²) in [7, 11) is 0. The van der Waals surface area contributed by atoms with Crippen LogP contribution in [0.3, 0.4) is 0 Å². The van der Waals surface area contributed by atoms with Gasteiger partial charge in [-0.2, -0.15) is 0 Å². The second-order valence-electron chi connectivity index (χ2n) is 4.87. The summed E-state index contributed by atoms with van der Waals surface area (Å²) in [6.45, 7) is 3.56. The molecule has 3 N–H and O–H groups in total. The fourth-order valence-corrected chi connectivity index (χ4v) is 2.54. The Bertz CT molecular complexity index is 482. The first kappa shape index (κ1) is 14.7. The van der Waals surface area contributed by atoms with Gasteiger partial charge in [0, 0.05) is 25.3 Å². The zero-order valence-corrected chi connectivity index (χ0v) is 11.5. The molecule has 1 saturated heterocycles. The average Bonchev–Trinajstić information content (AvgIpc) is 2.38. The summed E-state index contributed by atoms with van der Waals surface area (Å²) in [6, 6.07) is 2.20. The minimum atomic E-state index is -0.688. The van der Waals surface area contributed by atoms with Gasteiger partial charge < -0.3 is 15.4 Å². The topological polar surface area (TPSA) is 62.3 Å². The Morgan fingerprint density at radius 1 is 1.45 bits per heavy atom. The first-order chi connectivity index (χ1) is 9.52. The van der Waals surface area contributed by atoms with Gasteiger partial charge in [-0.25, -0.2) is 8.78 Å². The number of nitrogen functional groups attached to an aromatic ring is 1. The lowest BCUT2D eigenvalue weighted by Crippen LogP contribution is -2.40. The van der Waals surface area contributed by atoms with Gasteiger partial charge in [-0.1, -0.05) is 0 Å². The van der Waals surface area contributed by atoms with E-state index in [4.69, 9.17) is 15.9 Å². The number of benzene rings is 1. The third kappa shape index (κ3) is 3.07. The molecule has 1 aromatic rings. The van der Waals surface area contributed by atoms with E-state index in [2.05, 4.69) is 0 Å². The number of hydrogen-bond donors (Lipinski definition) is 2. The molecule has 6 heteroatoms. The van der Waals surface area contributed by atoms with Crippen molar-refractivity contribution in [2.75, 3.05) is 24.6 Å². The minimum Gasteiger partial charge on any atom is -0.384 e. The summed E-state index contributed by atoms with van der Waals surface area (Å²) in [5.74, 6) is -1.72. The number of anilines is 1. The molecule has 110 valence electrons. The largest absolute Gasteiger partial charge is 0.384 e. The second kappa shape index (κ2) is 6.17. The molecule has 0 amide bonds. The molecule has 1 aromatic carbocycles. The maximum atomic E-state index is 14.1. The van der Waals surface area contributed by atoms with Crippen LogP contribution in [0.5, 0.6) is 0 Å². The third-order valence-electron chi connectivity index (χ3n) is 3.42. The summed E-state index contributed by atoms with van der Waals surface area (Å²) >= 11 is 0. The molecule has 0 aliphatic carbocycles. The van der Waals surface area contributed by atoms with Crippen molar-refractivity contribution in [1.82, 2.24) is 0 Å². The zero-order chi connectivity index (χ0) is 14.7. The van der Waals surface area contributed by atoms with Crippen molar-refractivity contribution < 1.29 is 13.5 Å². The second-order valence-corrected chi connectivity index (χ2v) is 4.87. The van der Waals surface area contributed by atoms with Crippen molar-refractivity contribution in [1.29, 1.82) is 5.41 Å². The first-order valence-electron chi connectivity index (χ1n) is 6.73. The highest BCUT2D eigenvalue weighted by molar-refractivity contribution is 5.95. The number of nitrogens with two attached hydrogens (primary N) is 1. The number of amidine groups is 1. The molecule has 20 heavy (non-hydrogen) atoms. The van der Waals surface area contributed by atoms with Crippen molar-refractivity contribution in [2.24, 2.45) is 5.73 Å². The molecule has 0 spiro atoms. The molecule has 1 atom stereocenters. The van der Waals surface area contributed by atoms with Crippen molar-refractivity contribution in [3.8, 4) is 0 Å². The summed E-state index contributed by atoms with van der Waals surface area (Å²) in [4.78, 5) is 1.67. The van der Waals surface area contributed by atoms with Crippen LogP contribution in [-0.4, -0.2) is 31.6 Å². The Kier molecular flexibility index (Phi) is 4.54. The van der Waals surface area contributed by atoms with Gasteiger partial charge in [-0.3, -0.25) is 5.41 Å². The molecular formula is C14H19F2N3O. The SMILES string of the molecule is CCOC1CCCN(c2c(F)cc(C(=N)N)cc2F)C1. The van der Waals surface area contributed by atoms with Crippen molar-refractivity contribution in [2.45, 2.75) is 25.9 Å². The maximum Gasteiger partial charge on any atom is 0.150 e. The quantitative estimate of drug-likeness (QED) is 0.658. The molecule has 1 aliphatic heterocycles. The average molecular weight is 283 g/mol. The van der Waals surface area contributed by atoms with E-state index in [0.29, 0.717) is 19.7 Å². The smallest absolute Gasteiger partial charge is 0.150 e. The lowest BCUT2D eigenvalue weighted by molar-refractivity contribution is 0.0524. The molecular weight excluding hydrogens is 264 g/mol. The highest BCUT2D eigenvalue weighted by Gasteiger charge is 2.25.